The standard InChI is InChI=1S/C9H6F2N2/c10-6-2-1-3-7(11)9(6)8(13)4-5-12/h1-4H,13H2/b8-4+. The molecule has 0 spiro atoms. The van der Waals surface area contributed by atoms with Gasteiger partial charge >= 0.3 is 0 Å². The summed E-state index contributed by atoms with van der Waals surface area (Å²) in [6.07, 6.45) is 0.890. The minimum atomic E-state index is -0.774. The molecule has 0 aromatic heterocycles. The van der Waals surface area contributed by atoms with Crippen LogP contribution in [-0.4, -0.2) is 0 Å². The average Bonchev–Trinajstić information content (AvgIpc) is 2.04. The predicted molar refractivity (Wildman–Crippen MR) is 44.1 cm³/mol. The van der Waals surface area contributed by atoms with Crippen molar-refractivity contribution >= 4 is 5.70 Å². The Morgan fingerprint density at radius 1 is 1.38 bits per heavy atom. The highest BCUT2D eigenvalue weighted by Crippen LogP contribution is 2.17. The highest BCUT2D eigenvalue weighted by Gasteiger charge is 2.09. The number of halogens is 2. The molecule has 2 N–H and O–H groups in total. The van der Waals surface area contributed by atoms with Crippen molar-refractivity contribution < 1.29 is 8.78 Å². The Balaban J connectivity index is 3.30. The van der Waals surface area contributed by atoms with Gasteiger partial charge in [0.25, 0.3) is 0 Å². The van der Waals surface area contributed by atoms with Crippen molar-refractivity contribution in [2.45, 2.75) is 0 Å². The molecule has 13 heavy (non-hydrogen) atoms. The zero-order valence-electron chi connectivity index (χ0n) is 6.59. The molecule has 0 unspecified atom stereocenters. The third-order valence-electron chi connectivity index (χ3n) is 1.47. The number of nitriles is 1. The summed E-state index contributed by atoms with van der Waals surface area (Å²) in [6, 6.07) is 4.99. The van der Waals surface area contributed by atoms with Gasteiger partial charge in [-0.15, -0.1) is 0 Å². The van der Waals surface area contributed by atoms with E-state index in [2.05, 4.69) is 0 Å². The zero-order valence-corrected chi connectivity index (χ0v) is 6.59. The Labute approximate surface area is 73.9 Å². The first-order chi connectivity index (χ1) is 6.16. The summed E-state index contributed by atoms with van der Waals surface area (Å²) in [4.78, 5) is 0. The smallest absolute Gasteiger partial charge is 0.135 e. The van der Waals surface area contributed by atoms with Gasteiger partial charge in [-0.2, -0.15) is 5.26 Å². The quantitative estimate of drug-likeness (QED) is 0.670. The lowest BCUT2D eigenvalue weighted by Crippen LogP contribution is -2.02. The van der Waals surface area contributed by atoms with Crippen LogP contribution in [0.4, 0.5) is 8.78 Å². The molecular formula is C9H6F2N2. The van der Waals surface area contributed by atoms with E-state index in [4.69, 9.17) is 11.0 Å². The summed E-state index contributed by atoms with van der Waals surface area (Å²) >= 11 is 0. The van der Waals surface area contributed by atoms with Gasteiger partial charge in [-0.25, -0.2) is 8.78 Å². The second-order valence-corrected chi connectivity index (χ2v) is 2.33. The number of hydrogen-bond donors (Lipinski definition) is 1. The third-order valence-corrected chi connectivity index (χ3v) is 1.47. The van der Waals surface area contributed by atoms with Gasteiger partial charge in [0.1, 0.15) is 11.6 Å². The molecule has 0 aliphatic heterocycles. The molecule has 0 bridgehead atoms. The summed E-state index contributed by atoms with van der Waals surface area (Å²) < 4.78 is 25.9. The fourth-order valence-electron chi connectivity index (χ4n) is 0.915. The molecule has 4 heteroatoms. The van der Waals surface area contributed by atoms with E-state index in [1.807, 2.05) is 0 Å². The van der Waals surface area contributed by atoms with Crippen LogP contribution in [0.25, 0.3) is 5.70 Å². The predicted octanol–water partition coefficient (Wildman–Crippen LogP) is 1.79. The van der Waals surface area contributed by atoms with Crippen molar-refractivity contribution in [3.05, 3.63) is 41.5 Å². The number of hydrogen-bond acceptors (Lipinski definition) is 2. The third kappa shape index (κ3) is 1.82. The Hall–Kier alpha value is -1.89. The van der Waals surface area contributed by atoms with Crippen LogP contribution in [0.3, 0.4) is 0 Å². The molecule has 2 nitrogen and oxygen atoms in total. The summed E-state index contributed by atoms with van der Waals surface area (Å²) in [7, 11) is 0. The van der Waals surface area contributed by atoms with E-state index in [0.29, 0.717) is 0 Å². The molecule has 1 aromatic carbocycles. The second-order valence-electron chi connectivity index (χ2n) is 2.33. The van der Waals surface area contributed by atoms with Crippen LogP contribution in [0.1, 0.15) is 5.56 Å². The fourth-order valence-corrected chi connectivity index (χ4v) is 0.915. The molecule has 0 radical (unpaired) electrons. The maximum atomic E-state index is 13.0. The molecule has 1 rings (SSSR count). The van der Waals surface area contributed by atoms with Crippen LogP contribution < -0.4 is 5.73 Å². The van der Waals surface area contributed by atoms with Gasteiger partial charge in [0, 0.05) is 6.08 Å². The molecule has 0 saturated heterocycles. The normalized spacial score (nSPS) is 11.0. The number of benzene rings is 1. The van der Waals surface area contributed by atoms with Gasteiger partial charge < -0.3 is 5.73 Å². The zero-order chi connectivity index (χ0) is 9.84. The Morgan fingerprint density at radius 2 is 1.92 bits per heavy atom. The highest BCUT2D eigenvalue weighted by molar-refractivity contribution is 5.65. The van der Waals surface area contributed by atoms with Crippen molar-refractivity contribution in [1.82, 2.24) is 0 Å². The van der Waals surface area contributed by atoms with Crippen molar-refractivity contribution in [2.24, 2.45) is 5.73 Å². The fraction of sp³-hybridized carbons (Fsp3) is 0. The minimum Gasteiger partial charge on any atom is -0.397 e. The van der Waals surface area contributed by atoms with Crippen molar-refractivity contribution in [3.8, 4) is 6.07 Å². The number of nitrogens with zero attached hydrogens (tertiary/aromatic N) is 1. The molecular weight excluding hydrogens is 174 g/mol. The second kappa shape index (κ2) is 3.68. The first-order valence-corrected chi connectivity index (χ1v) is 3.46. The van der Waals surface area contributed by atoms with Crippen LogP contribution in [0.15, 0.2) is 24.3 Å². The van der Waals surface area contributed by atoms with E-state index in [1.165, 1.54) is 6.07 Å². The lowest BCUT2D eigenvalue weighted by atomic mass is 10.1. The molecule has 0 amide bonds. The molecule has 0 aliphatic carbocycles. The van der Waals surface area contributed by atoms with Gasteiger partial charge in [0.2, 0.25) is 0 Å². The number of allylic oxidation sites excluding steroid dienone is 1. The van der Waals surface area contributed by atoms with Gasteiger partial charge in [-0.05, 0) is 12.1 Å². The highest BCUT2D eigenvalue weighted by atomic mass is 19.1. The van der Waals surface area contributed by atoms with Gasteiger partial charge in [-0.3, -0.25) is 0 Å². The molecule has 0 saturated carbocycles. The van der Waals surface area contributed by atoms with Crippen molar-refractivity contribution in [3.63, 3.8) is 0 Å². The summed E-state index contributed by atoms with van der Waals surface area (Å²) in [6.45, 7) is 0. The topological polar surface area (TPSA) is 49.8 Å². The Kier molecular flexibility index (Phi) is 2.60. The maximum absolute atomic E-state index is 13.0. The van der Waals surface area contributed by atoms with E-state index in [0.717, 1.165) is 18.2 Å². The van der Waals surface area contributed by atoms with Crippen LogP contribution in [0.2, 0.25) is 0 Å². The number of rotatable bonds is 1. The molecule has 1 aromatic rings. The lowest BCUT2D eigenvalue weighted by molar-refractivity contribution is 0.576. The molecule has 0 atom stereocenters. The van der Waals surface area contributed by atoms with Gasteiger partial charge in [0.15, 0.2) is 0 Å². The van der Waals surface area contributed by atoms with E-state index < -0.39 is 11.6 Å². The van der Waals surface area contributed by atoms with Crippen molar-refractivity contribution in [2.75, 3.05) is 0 Å². The summed E-state index contributed by atoms with van der Waals surface area (Å²) in [5, 5.41) is 8.23. The first-order valence-electron chi connectivity index (χ1n) is 3.46. The Morgan fingerprint density at radius 3 is 2.38 bits per heavy atom. The monoisotopic (exact) mass is 180 g/mol. The van der Waals surface area contributed by atoms with Crippen LogP contribution >= 0.6 is 0 Å². The SMILES string of the molecule is N#C/C=C(/N)c1c(F)cccc1F. The lowest BCUT2D eigenvalue weighted by Gasteiger charge is -2.02. The largest absolute Gasteiger partial charge is 0.397 e. The van der Waals surface area contributed by atoms with Crippen LogP contribution in [-0.2, 0) is 0 Å². The molecule has 0 aliphatic rings. The van der Waals surface area contributed by atoms with E-state index in [-0.39, 0.29) is 11.3 Å². The minimum absolute atomic E-state index is 0.210. The van der Waals surface area contributed by atoms with Crippen molar-refractivity contribution in [1.29, 1.82) is 5.26 Å². The average molecular weight is 180 g/mol. The first kappa shape index (κ1) is 9.20. The molecule has 66 valence electrons. The number of nitrogens with two attached hydrogens (primary N) is 1. The van der Waals surface area contributed by atoms with Crippen LogP contribution in [0.5, 0.6) is 0 Å². The molecule has 0 heterocycles. The summed E-state index contributed by atoms with van der Waals surface area (Å²) in [5.74, 6) is -1.55. The van der Waals surface area contributed by atoms with Gasteiger partial charge in [-0.1, -0.05) is 6.07 Å². The Bertz CT molecular complexity index is 371. The van der Waals surface area contributed by atoms with E-state index in [9.17, 15) is 8.78 Å². The van der Waals surface area contributed by atoms with Gasteiger partial charge in [0.05, 0.1) is 17.3 Å². The molecule has 0 fully saturated rings. The van der Waals surface area contributed by atoms with E-state index in [1.54, 1.807) is 6.07 Å². The van der Waals surface area contributed by atoms with E-state index >= 15 is 0 Å². The maximum Gasteiger partial charge on any atom is 0.135 e. The van der Waals surface area contributed by atoms with Crippen LogP contribution in [0, 0.1) is 23.0 Å². The summed E-state index contributed by atoms with van der Waals surface area (Å²) in [5.41, 5.74) is 4.70.